The number of allylic oxidation sites excluding steroid dienone is 4. The Morgan fingerprint density at radius 2 is 1.36 bits per heavy atom. The number of nitrogens with one attached hydrogen (secondary N) is 1. The lowest BCUT2D eigenvalue weighted by Crippen LogP contribution is -1.67. The molecular formula is C10H13N. The Morgan fingerprint density at radius 3 is 1.55 bits per heavy atom. The molecule has 1 aromatic rings. The highest BCUT2D eigenvalue weighted by Gasteiger charge is 1.77. The van der Waals surface area contributed by atoms with E-state index in [4.69, 9.17) is 0 Å². The van der Waals surface area contributed by atoms with Crippen LogP contribution in [0.3, 0.4) is 0 Å². The molecule has 0 aliphatic heterocycles. The zero-order chi connectivity index (χ0) is 7.78. The molecule has 0 atom stereocenters. The number of H-pyrrole nitrogens is 1. The summed E-state index contributed by atoms with van der Waals surface area (Å²) in [5, 5.41) is 0. The third kappa shape index (κ3) is 4.20. The summed E-state index contributed by atoms with van der Waals surface area (Å²) in [6.45, 7) is 0. The molecular weight excluding hydrogens is 134 g/mol. The van der Waals surface area contributed by atoms with E-state index in [2.05, 4.69) is 29.3 Å². The van der Waals surface area contributed by atoms with Crippen molar-refractivity contribution in [2.45, 2.75) is 12.8 Å². The first-order valence-electron chi connectivity index (χ1n) is 3.89. The van der Waals surface area contributed by atoms with E-state index >= 15 is 0 Å². The molecule has 0 amide bonds. The van der Waals surface area contributed by atoms with Crippen molar-refractivity contribution in [3.63, 3.8) is 0 Å². The standard InChI is InChI=1S/C6H8.C4H5N/c1-2-4-6-5-3-1;1-2-4-5-3-1/h1-4H,5-6H2;1-5H. The van der Waals surface area contributed by atoms with Gasteiger partial charge in [-0.05, 0) is 25.0 Å². The minimum atomic E-state index is 1.23. The maximum Gasteiger partial charge on any atom is 0.000496 e. The Kier molecular flexibility index (Phi) is 3.96. The van der Waals surface area contributed by atoms with Crippen molar-refractivity contribution in [2.24, 2.45) is 0 Å². The minimum Gasteiger partial charge on any atom is -0.368 e. The fourth-order valence-electron chi connectivity index (χ4n) is 0.820. The molecule has 0 aromatic carbocycles. The summed E-state index contributed by atoms with van der Waals surface area (Å²) < 4.78 is 0. The lowest BCUT2D eigenvalue weighted by molar-refractivity contribution is 1.04. The largest absolute Gasteiger partial charge is 0.368 e. The van der Waals surface area contributed by atoms with Gasteiger partial charge in [-0.3, -0.25) is 0 Å². The zero-order valence-corrected chi connectivity index (χ0v) is 6.53. The van der Waals surface area contributed by atoms with Gasteiger partial charge >= 0.3 is 0 Å². The summed E-state index contributed by atoms with van der Waals surface area (Å²) in [5.74, 6) is 0. The number of hydrogen-bond donors (Lipinski definition) is 1. The molecule has 2 rings (SSSR count). The number of aromatic nitrogens is 1. The second-order valence-electron chi connectivity index (χ2n) is 2.32. The highest BCUT2D eigenvalue weighted by Crippen LogP contribution is 1.98. The summed E-state index contributed by atoms with van der Waals surface area (Å²) in [4.78, 5) is 2.86. The highest BCUT2D eigenvalue weighted by atomic mass is 14.6. The third-order valence-corrected chi connectivity index (χ3v) is 1.38. The van der Waals surface area contributed by atoms with Gasteiger partial charge in [-0.1, -0.05) is 24.3 Å². The normalized spacial score (nSPS) is 13.8. The van der Waals surface area contributed by atoms with Crippen LogP contribution in [0, 0.1) is 0 Å². The van der Waals surface area contributed by atoms with Crippen LogP contribution >= 0.6 is 0 Å². The van der Waals surface area contributed by atoms with Crippen LogP contribution in [0.15, 0.2) is 48.8 Å². The van der Waals surface area contributed by atoms with Gasteiger partial charge in [0.15, 0.2) is 0 Å². The molecule has 1 heteroatoms. The average Bonchev–Trinajstić information content (AvgIpc) is 2.64. The van der Waals surface area contributed by atoms with Crippen molar-refractivity contribution in [1.29, 1.82) is 0 Å². The Hall–Kier alpha value is -1.24. The number of aromatic amines is 1. The van der Waals surface area contributed by atoms with Gasteiger partial charge < -0.3 is 4.98 Å². The molecule has 11 heavy (non-hydrogen) atoms. The third-order valence-electron chi connectivity index (χ3n) is 1.38. The van der Waals surface area contributed by atoms with E-state index in [1.165, 1.54) is 12.8 Å². The second-order valence-corrected chi connectivity index (χ2v) is 2.32. The fourth-order valence-corrected chi connectivity index (χ4v) is 0.820. The van der Waals surface area contributed by atoms with Gasteiger partial charge in [0.1, 0.15) is 0 Å². The van der Waals surface area contributed by atoms with E-state index in [0.29, 0.717) is 0 Å². The van der Waals surface area contributed by atoms with E-state index in [1.54, 1.807) is 0 Å². The van der Waals surface area contributed by atoms with Crippen LogP contribution < -0.4 is 0 Å². The first-order chi connectivity index (χ1) is 5.50. The van der Waals surface area contributed by atoms with Gasteiger partial charge in [0, 0.05) is 12.4 Å². The molecule has 0 spiro atoms. The smallest absolute Gasteiger partial charge is 0.000496 e. The predicted molar refractivity (Wildman–Crippen MR) is 48.3 cm³/mol. The molecule has 1 heterocycles. The number of rotatable bonds is 0. The Balaban J connectivity index is 0.000000112. The van der Waals surface area contributed by atoms with Crippen molar-refractivity contribution >= 4 is 0 Å². The minimum absolute atomic E-state index is 1.23. The zero-order valence-electron chi connectivity index (χ0n) is 6.53. The van der Waals surface area contributed by atoms with Crippen LogP contribution in [0.2, 0.25) is 0 Å². The van der Waals surface area contributed by atoms with E-state index in [9.17, 15) is 0 Å². The van der Waals surface area contributed by atoms with Crippen LogP contribution in [-0.4, -0.2) is 4.98 Å². The molecule has 1 aliphatic rings. The maximum atomic E-state index is 2.86. The monoisotopic (exact) mass is 147 g/mol. The van der Waals surface area contributed by atoms with Gasteiger partial charge in [-0.25, -0.2) is 0 Å². The lowest BCUT2D eigenvalue weighted by Gasteiger charge is -1.88. The van der Waals surface area contributed by atoms with E-state index < -0.39 is 0 Å². The molecule has 1 N–H and O–H groups in total. The molecule has 0 bridgehead atoms. The fraction of sp³-hybridized carbons (Fsp3) is 0.200. The van der Waals surface area contributed by atoms with Crippen LogP contribution in [0.1, 0.15) is 12.8 Å². The Morgan fingerprint density at radius 1 is 0.818 bits per heavy atom. The van der Waals surface area contributed by atoms with Crippen LogP contribution in [-0.2, 0) is 0 Å². The average molecular weight is 147 g/mol. The van der Waals surface area contributed by atoms with Crippen molar-refractivity contribution in [3.05, 3.63) is 48.8 Å². The number of hydrogen-bond acceptors (Lipinski definition) is 0. The highest BCUT2D eigenvalue weighted by molar-refractivity contribution is 5.07. The SMILES string of the molecule is C1=CCCC=C1.c1cc[nH]c1. The predicted octanol–water partition coefficient (Wildman–Crippen LogP) is 2.91. The van der Waals surface area contributed by atoms with Crippen molar-refractivity contribution < 1.29 is 0 Å². The molecule has 0 saturated carbocycles. The van der Waals surface area contributed by atoms with Gasteiger partial charge in [-0.15, -0.1) is 0 Å². The molecule has 0 fully saturated rings. The van der Waals surface area contributed by atoms with Gasteiger partial charge in [-0.2, -0.15) is 0 Å². The first kappa shape index (κ1) is 7.86. The molecule has 1 nitrogen and oxygen atoms in total. The molecule has 0 radical (unpaired) electrons. The summed E-state index contributed by atoms with van der Waals surface area (Å²) in [6.07, 6.45) is 14.8. The van der Waals surface area contributed by atoms with E-state index in [-0.39, 0.29) is 0 Å². The topological polar surface area (TPSA) is 15.8 Å². The van der Waals surface area contributed by atoms with Crippen LogP contribution in [0.4, 0.5) is 0 Å². The molecule has 0 saturated heterocycles. The molecule has 58 valence electrons. The van der Waals surface area contributed by atoms with Gasteiger partial charge in [0.2, 0.25) is 0 Å². The van der Waals surface area contributed by atoms with Crippen LogP contribution in [0.25, 0.3) is 0 Å². The Bertz CT molecular complexity index is 178. The summed E-state index contributed by atoms with van der Waals surface area (Å²) in [7, 11) is 0. The lowest BCUT2D eigenvalue weighted by atomic mass is 10.2. The van der Waals surface area contributed by atoms with Crippen molar-refractivity contribution in [1.82, 2.24) is 4.98 Å². The molecule has 0 unspecified atom stereocenters. The van der Waals surface area contributed by atoms with E-state index in [0.717, 1.165) is 0 Å². The Labute approximate surface area is 67.5 Å². The van der Waals surface area contributed by atoms with Gasteiger partial charge in [0.05, 0.1) is 0 Å². The second kappa shape index (κ2) is 5.54. The van der Waals surface area contributed by atoms with Gasteiger partial charge in [0.25, 0.3) is 0 Å². The molecule has 1 aliphatic carbocycles. The first-order valence-corrected chi connectivity index (χ1v) is 3.89. The van der Waals surface area contributed by atoms with Crippen molar-refractivity contribution in [3.8, 4) is 0 Å². The summed E-state index contributed by atoms with van der Waals surface area (Å²) in [5.41, 5.74) is 0. The van der Waals surface area contributed by atoms with Crippen LogP contribution in [0.5, 0.6) is 0 Å². The quantitative estimate of drug-likeness (QED) is 0.580. The summed E-state index contributed by atoms with van der Waals surface area (Å²) >= 11 is 0. The molecule has 1 aromatic heterocycles. The summed E-state index contributed by atoms with van der Waals surface area (Å²) in [6, 6.07) is 3.89. The van der Waals surface area contributed by atoms with E-state index in [1.807, 2.05) is 24.5 Å². The van der Waals surface area contributed by atoms with Crippen molar-refractivity contribution in [2.75, 3.05) is 0 Å². The maximum absolute atomic E-state index is 2.86.